The van der Waals surface area contributed by atoms with Crippen LogP contribution in [-0.2, 0) is 16.0 Å². The van der Waals surface area contributed by atoms with Crippen molar-refractivity contribution in [2.24, 2.45) is 0 Å². The van der Waals surface area contributed by atoms with E-state index in [1.807, 2.05) is 0 Å². The van der Waals surface area contributed by atoms with Gasteiger partial charge in [0.2, 0.25) is 5.91 Å². The van der Waals surface area contributed by atoms with E-state index >= 15 is 0 Å². The maximum Gasteiger partial charge on any atom is 0.226 e. The largest absolute Gasteiger partial charge is 0.375 e. The number of ether oxygens (including phenoxy) is 1. The van der Waals surface area contributed by atoms with Gasteiger partial charge in [0.25, 0.3) is 0 Å². The summed E-state index contributed by atoms with van der Waals surface area (Å²) in [6.45, 7) is 0.759. The molecule has 1 saturated heterocycles. The van der Waals surface area contributed by atoms with Crippen LogP contribution in [0.2, 0.25) is 0 Å². The van der Waals surface area contributed by atoms with E-state index in [0.29, 0.717) is 12.1 Å². The van der Waals surface area contributed by atoms with Crippen molar-refractivity contribution < 1.29 is 14.1 Å². The summed E-state index contributed by atoms with van der Waals surface area (Å²) in [5, 5.41) is 6.90. The Bertz CT molecular complexity index is 432. The molecule has 110 valence electrons. The van der Waals surface area contributed by atoms with E-state index in [2.05, 4.69) is 10.5 Å². The second kappa shape index (κ2) is 5.95. The molecule has 1 aromatic rings. The topological polar surface area (TPSA) is 64.4 Å². The first kappa shape index (κ1) is 13.6. The summed E-state index contributed by atoms with van der Waals surface area (Å²) in [5.74, 6) is 0.0248. The minimum atomic E-state index is 0.0248. The first-order valence-corrected chi connectivity index (χ1v) is 7.58. The van der Waals surface area contributed by atoms with Crippen molar-refractivity contribution in [3.05, 3.63) is 18.0 Å². The Morgan fingerprint density at radius 1 is 1.40 bits per heavy atom. The van der Waals surface area contributed by atoms with E-state index in [9.17, 15) is 4.79 Å². The Balaban J connectivity index is 1.53. The molecule has 1 saturated carbocycles. The highest BCUT2D eigenvalue weighted by Gasteiger charge is 2.38. The lowest BCUT2D eigenvalue weighted by atomic mass is 9.78. The molecule has 1 aromatic heterocycles. The number of nitrogens with one attached hydrogen (secondary N) is 1. The van der Waals surface area contributed by atoms with Crippen LogP contribution in [0, 0.1) is 0 Å². The Kier molecular flexibility index (Phi) is 4.05. The molecule has 0 aromatic carbocycles. The summed E-state index contributed by atoms with van der Waals surface area (Å²) in [4.78, 5) is 12.0. The van der Waals surface area contributed by atoms with Crippen molar-refractivity contribution in [3.8, 4) is 0 Å². The van der Waals surface area contributed by atoms with Gasteiger partial charge in [0, 0.05) is 18.7 Å². The number of carbonyl (C=O) groups excluding carboxylic acids is 1. The molecule has 2 fully saturated rings. The van der Waals surface area contributed by atoms with Gasteiger partial charge in [-0.25, -0.2) is 0 Å². The molecule has 5 nitrogen and oxygen atoms in total. The molecular weight excluding hydrogens is 256 g/mol. The van der Waals surface area contributed by atoms with Gasteiger partial charge in [-0.2, -0.15) is 0 Å². The molecule has 0 unspecified atom stereocenters. The van der Waals surface area contributed by atoms with E-state index < -0.39 is 0 Å². The zero-order valence-corrected chi connectivity index (χ0v) is 11.8. The van der Waals surface area contributed by atoms with Crippen LogP contribution >= 0.6 is 0 Å². The van der Waals surface area contributed by atoms with E-state index in [-0.39, 0.29) is 17.6 Å². The maximum absolute atomic E-state index is 12.0. The SMILES string of the molecule is O=C(Cc1ccon1)N[C@@H]1CCOC2(CCCCC2)C1. The summed E-state index contributed by atoms with van der Waals surface area (Å²) in [5.41, 5.74) is 0.712. The Morgan fingerprint density at radius 3 is 3.00 bits per heavy atom. The molecule has 1 amide bonds. The number of aromatic nitrogens is 1. The predicted molar refractivity (Wildman–Crippen MR) is 73.1 cm³/mol. The normalized spacial score (nSPS) is 25.5. The van der Waals surface area contributed by atoms with Crippen molar-refractivity contribution in [2.75, 3.05) is 6.61 Å². The van der Waals surface area contributed by atoms with Gasteiger partial charge in [0.05, 0.1) is 17.7 Å². The molecule has 1 N–H and O–H groups in total. The summed E-state index contributed by atoms with van der Waals surface area (Å²) >= 11 is 0. The molecule has 0 radical (unpaired) electrons. The van der Waals surface area contributed by atoms with Crippen LogP contribution in [0.15, 0.2) is 16.9 Å². The number of hydrogen-bond acceptors (Lipinski definition) is 4. The number of carbonyl (C=O) groups is 1. The molecule has 1 atom stereocenters. The smallest absolute Gasteiger partial charge is 0.226 e. The van der Waals surface area contributed by atoms with Crippen molar-refractivity contribution in [1.82, 2.24) is 10.5 Å². The van der Waals surface area contributed by atoms with Gasteiger partial charge in [-0.15, -0.1) is 0 Å². The summed E-state index contributed by atoms with van der Waals surface area (Å²) in [6, 6.07) is 1.97. The molecule has 1 aliphatic carbocycles. The fraction of sp³-hybridized carbons (Fsp3) is 0.733. The van der Waals surface area contributed by atoms with Crippen LogP contribution in [0.1, 0.15) is 50.6 Å². The summed E-state index contributed by atoms with van der Waals surface area (Å²) in [7, 11) is 0. The molecular formula is C15H22N2O3. The fourth-order valence-electron chi connectivity index (χ4n) is 3.47. The van der Waals surface area contributed by atoms with Crippen LogP contribution in [0.5, 0.6) is 0 Å². The third-order valence-corrected chi connectivity index (χ3v) is 4.46. The monoisotopic (exact) mass is 278 g/mol. The van der Waals surface area contributed by atoms with E-state index in [4.69, 9.17) is 9.26 Å². The molecule has 1 aliphatic heterocycles. The van der Waals surface area contributed by atoms with Gasteiger partial charge in [0.1, 0.15) is 6.26 Å². The maximum atomic E-state index is 12.0. The first-order valence-electron chi connectivity index (χ1n) is 7.58. The molecule has 5 heteroatoms. The quantitative estimate of drug-likeness (QED) is 0.920. The van der Waals surface area contributed by atoms with Gasteiger partial charge in [-0.05, 0) is 25.7 Å². The highest BCUT2D eigenvalue weighted by Crippen LogP contribution is 2.38. The lowest BCUT2D eigenvalue weighted by Crippen LogP contribution is -2.49. The minimum Gasteiger partial charge on any atom is -0.375 e. The van der Waals surface area contributed by atoms with Crippen LogP contribution < -0.4 is 5.32 Å². The zero-order valence-electron chi connectivity index (χ0n) is 11.8. The fourth-order valence-corrected chi connectivity index (χ4v) is 3.47. The highest BCUT2D eigenvalue weighted by atomic mass is 16.5. The van der Waals surface area contributed by atoms with Gasteiger partial charge in [-0.1, -0.05) is 24.4 Å². The Labute approximate surface area is 119 Å². The van der Waals surface area contributed by atoms with Crippen molar-refractivity contribution >= 4 is 5.91 Å². The summed E-state index contributed by atoms with van der Waals surface area (Å²) in [6.07, 6.45) is 9.75. The molecule has 2 heterocycles. The number of amides is 1. The van der Waals surface area contributed by atoms with E-state index in [1.165, 1.54) is 25.5 Å². The van der Waals surface area contributed by atoms with Gasteiger partial charge < -0.3 is 14.6 Å². The molecule has 1 spiro atoms. The van der Waals surface area contributed by atoms with Crippen molar-refractivity contribution in [1.29, 1.82) is 0 Å². The van der Waals surface area contributed by atoms with Crippen LogP contribution in [0.3, 0.4) is 0 Å². The third kappa shape index (κ3) is 3.20. The van der Waals surface area contributed by atoms with Crippen LogP contribution in [-0.4, -0.2) is 29.3 Å². The Morgan fingerprint density at radius 2 is 2.25 bits per heavy atom. The average molecular weight is 278 g/mol. The number of nitrogens with zero attached hydrogens (tertiary/aromatic N) is 1. The standard InChI is InChI=1S/C15H22N2O3/c18-14(10-12-5-9-20-17-12)16-13-4-8-19-15(11-13)6-2-1-3-7-15/h5,9,13H,1-4,6-8,10-11H2,(H,16,18)/t13-/m1/s1. The van der Waals surface area contributed by atoms with Crippen molar-refractivity contribution in [3.63, 3.8) is 0 Å². The predicted octanol–water partition coefficient (Wildman–Crippen LogP) is 2.22. The Hall–Kier alpha value is -1.36. The second-order valence-electron chi connectivity index (χ2n) is 6.02. The first-order chi connectivity index (χ1) is 9.76. The molecule has 0 bridgehead atoms. The van der Waals surface area contributed by atoms with E-state index in [1.54, 1.807) is 6.07 Å². The zero-order chi connectivity index (χ0) is 13.8. The average Bonchev–Trinajstić information content (AvgIpc) is 2.92. The highest BCUT2D eigenvalue weighted by molar-refractivity contribution is 5.78. The lowest BCUT2D eigenvalue weighted by molar-refractivity contribution is -0.128. The van der Waals surface area contributed by atoms with Gasteiger partial charge in [0.15, 0.2) is 0 Å². The molecule has 2 aliphatic rings. The summed E-state index contributed by atoms with van der Waals surface area (Å²) < 4.78 is 10.8. The lowest BCUT2D eigenvalue weighted by Gasteiger charge is -2.43. The number of rotatable bonds is 3. The molecule has 3 rings (SSSR count). The number of hydrogen-bond donors (Lipinski definition) is 1. The van der Waals surface area contributed by atoms with Crippen LogP contribution in [0.4, 0.5) is 0 Å². The van der Waals surface area contributed by atoms with E-state index in [0.717, 1.165) is 32.3 Å². The van der Waals surface area contributed by atoms with Crippen molar-refractivity contribution in [2.45, 2.75) is 63.0 Å². The second-order valence-corrected chi connectivity index (χ2v) is 6.02. The van der Waals surface area contributed by atoms with Crippen LogP contribution in [0.25, 0.3) is 0 Å². The van der Waals surface area contributed by atoms with Gasteiger partial charge >= 0.3 is 0 Å². The molecule has 20 heavy (non-hydrogen) atoms. The van der Waals surface area contributed by atoms with Gasteiger partial charge in [-0.3, -0.25) is 4.79 Å². The third-order valence-electron chi connectivity index (χ3n) is 4.46. The minimum absolute atomic E-state index is 0.0248.